The van der Waals surface area contributed by atoms with Gasteiger partial charge in [0.1, 0.15) is 29.8 Å². The molecule has 0 unspecified atom stereocenters. The molecule has 0 aromatic heterocycles. The van der Waals surface area contributed by atoms with Crippen LogP contribution in [0.1, 0.15) is 33.3 Å². The minimum Gasteiger partial charge on any atom is -0.497 e. The Balaban J connectivity index is 1.87. The fourth-order valence-electron chi connectivity index (χ4n) is 3.90. The van der Waals surface area contributed by atoms with Gasteiger partial charge in [-0.3, -0.25) is 13.9 Å². The fraction of sp³-hybridized carbons (Fsp3) is 0.333. The first-order valence-electron chi connectivity index (χ1n) is 12.8. The van der Waals surface area contributed by atoms with Gasteiger partial charge in [-0.05, 0) is 81.8 Å². The van der Waals surface area contributed by atoms with Gasteiger partial charge < -0.3 is 19.7 Å². The molecule has 40 heavy (non-hydrogen) atoms. The highest BCUT2D eigenvalue weighted by Gasteiger charge is 2.31. The van der Waals surface area contributed by atoms with Gasteiger partial charge in [0.2, 0.25) is 21.8 Å². The second-order valence-electron chi connectivity index (χ2n) is 10.5. The quantitative estimate of drug-likeness (QED) is 0.364. The first-order chi connectivity index (χ1) is 18.8. The van der Waals surface area contributed by atoms with Gasteiger partial charge in [0.25, 0.3) is 0 Å². The molecule has 3 aromatic carbocycles. The van der Waals surface area contributed by atoms with Gasteiger partial charge >= 0.3 is 0 Å². The van der Waals surface area contributed by atoms with Gasteiger partial charge in [0, 0.05) is 12.1 Å². The molecule has 0 spiro atoms. The van der Waals surface area contributed by atoms with Crippen LogP contribution >= 0.6 is 0 Å². The van der Waals surface area contributed by atoms with E-state index in [0.717, 1.165) is 16.1 Å². The summed E-state index contributed by atoms with van der Waals surface area (Å²) in [5, 5.41) is 2.90. The van der Waals surface area contributed by atoms with E-state index in [1.807, 2.05) is 51.1 Å². The Kier molecular flexibility index (Phi) is 9.81. The van der Waals surface area contributed by atoms with E-state index in [2.05, 4.69) is 5.32 Å². The molecule has 1 N–H and O–H groups in total. The summed E-state index contributed by atoms with van der Waals surface area (Å²) < 4.78 is 37.7. The molecule has 0 aliphatic rings. The van der Waals surface area contributed by atoms with Gasteiger partial charge in [-0.1, -0.05) is 30.3 Å². The van der Waals surface area contributed by atoms with E-state index in [0.29, 0.717) is 22.9 Å². The number of nitrogens with zero attached hydrogens (tertiary/aromatic N) is 2. The number of nitrogens with one attached hydrogen (secondary N) is 1. The van der Waals surface area contributed by atoms with Crippen molar-refractivity contribution >= 4 is 27.5 Å². The smallest absolute Gasteiger partial charge is 0.244 e. The SMILES string of the molecule is COc1ccc(CN(C(=O)CN(c2ccc(Oc3ccccc3)cc2)S(C)(=O)=O)[C@@H](C)C(=O)NC(C)(C)C)cc1. The third-order valence-corrected chi connectivity index (χ3v) is 7.10. The molecule has 214 valence electrons. The maximum atomic E-state index is 13.7. The van der Waals surface area contributed by atoms with Crippen molar-refractivity contribution in [2.45, 2.75) is 45.8 Å². The van der Waals surface area contributed by atoms with Crippen LogP contribution < -0.4 is 19.1 Å². The summed E-state index contributed by atoms with van der Waals surface area (Å²) in [5.74, 6) is 0.943. The molecule has 1 atom stereocenters. The van der Waals surface area contributed by atoms with Gasteiger partial charge in [0.15, 0.2) is 0 Å². The number of hydrogen-bond donors (Lipinski definition) is 1. The lowest BCUT2D eigenvalue weighted by atomic mass is 10.1. The molecule has 3 aromatic rings. The van der Waals surface area contributed by atoms with Crippen LogP contribution in [-0.4, -0.2) is 56.6 Å². The van der Waals surface area contributed by atoms with Crippen molar-refractivity contribution in [3.8, 4) is 17.2 Å². The number of anilines is 1. The van der Waals surface area contributed by atoms with Crippen LogP contribution in [0, 0.1) is 0 Å². The van der Waals surface area contributed by atoms with E-state index >= 15 is 0 Å². The van der Waals surface area contributed by atoms with Crippen molar-refractivity contribution in [2.24, 2.45) is 0 Å². The summed E-state index contributed by atoms with van der Waals surface area (Å²) >= 11 is 0. The molecule has 0 fully saturated rings. The van der Waals surface area contributed by atoms with Crippen LogP contribution in [0.25, 0.3) is 0 Å². The van der Waals surface area contributed by atoms with Crippen LogP contribution in [0.4, 0.5) is 5.69 Å². The maximum absolute atomic E-state index is 13.7. The Labute approximate surface area is 236 Å². The molecule has 0 saturated heterocycles. The summed E-state index contributed by atoms with van der Waals surface area (Å²) in [6.45, 7) is 6.80. The van der Waals surface area contributed by atoms with Gasteiger partial charge in [-0.25, -0.2) is 8.42 Å². The second kappa shape index (κ2) is 12.9. The molecule has 2 amide bonds. The van der Waals surface area contributed by atoms with E-state index < -0.39 is 34.1 Å². The molecule has 0 aliphatic carbocycles. The first-order valence-corrected chi connectivity index (χ1v) is 14.7. The van der Waals surface area contributed by atoms with Crippen LogP contribution in [0.3, 0.4) is 0 Å². The largest absolute Gasteiger partial charge is 0.497 e. The van der Waals surface area contributed by atoms with Crippen molar-refractivity contribution in [1.82, 2.24) is 10.2 Å². The van der Waals surface area contributed by atoms with E-state index in [-0.39, 0.29) is 12.5 Å². The summed E-state index contributed by atoms with van der Waals surface area (Å²) in [6.07, 6.45) is 1.04. The number of hydrogen-bond acceptors (Lipinski definition) is 6. The number of ether oxygens (including phenoxy) is 2. The third-order valence-electron chi connectivity index (χ3n) is 5.96. The Morgan fingerprint density at radius 1 is 0.875 bits per heavy atom. The topological polar surface area (TPSA) is 105 Å². The van der Waals surface area contributed by atoms with Crippen LogP contribution in [-0.2, 0) is 26.2 Å². The highest BCUT2D eigenvalue weighted by molar-refractivity contribution is 7.92. The fourth-order valence-corrected chi connectivity index (χ4v) is 4.75. The molecule has 0 aliphatic heterocycles. The number of amides is 2. The Morgan fingerprint density at radius 2 is 1.43 bits per heavy atom. The Bertz CT molecular complexity index is 1390. The molecule has 10 heteroatoms. The molecule has 0 saturated carbocycles. The monoisotopic (exact) mass is 567 g/mol. The molecule has 0 bridgehead atoms. The average Bonchev–Trinajstić information content (AvgIpc) is 2.90. The van der Waals surface area contributed by atoms with E-state index in [1.54, 1.807) is 62.6 Å². The highest BCUT2D eigenvalue weighted by atomic mass is 32.2. The molecule has 0 heterocycles. The Hall–Kier alpha value is -4.05. The van der Waals surface area contributed by atoms with E-state index in [9.17, 15) is 18.0 Å². The molecule has 0 radical (unpaired) electrons. The third kappa shape index (κ3) is 8.74. The van der Waals surface area contributed by atoms with Crippen molar-refractivity contribution in [3.05, 3.63) is 84.4 Å². The lowest BCUT2D eigenvalue weighted by Gasteiger charge is -2.33. The number of sulfonamides is 1. The van der Waals surface area contributed by atoms with Crippen LogP contribution in [0.2, 0.25) is 0 Å². The number of benzene rings is 3. The molecular weight excluding hydrogens is 530 g/mol. The van der Waals surface area contributed by atoms with Crippen molar-refractivity contribution in [2.75, 3.05) is 24.2 Å². The first kappa shape index (κ1) is 30.5. The van der Waals surface area contributed by atoms with Gasteiger partial charge in [0.05, 0.1) is 19.1 Å². The normalized spacial score (nSPS) is 12.2. The molecule has 9 nitrogen and oxygen atoms in total. The number of carbonyl (C=O) groups excluding carboxylic acids is 2. The number of para-hydroxylation sites is 1. The number of rotatable bonds is 11. The summed E-state index contributed by atoms with van der Waals surface area (Å²) in [7, 11) is -2.29. The molecule has 3 rings (SSSR count). The lowest BCUT2D eigenvalue weighted by molar-refractivity contribution is -0.140. The van der Waals surface area contributed by atoms with Crippen molar-refractivity contribution < 1.29 is 27.5 Å². The number of carbonyl (C=O) groups is 2. The zero-order valence-corrected chi connectivity index (χ0v) is 24.6. The van der Waals surface area contributed by atoms with Crippen LogP contribution in [0.15, 0.2) is 78.9 Å². The zero-order chi connectivity index (χ0) is 29.5. The lowest BCUT2D eigenvalue weighted by Crippen LogP contribution is -2.54. The maximum Gasteiger partial charge on any atom is 0.244 e. The van der Waals surface area contributed by atoms with Gasteiger partial charge in [-0.15, -0.1) is 0 Å². The zero-order valence-electron chi connectivity index (χ0n) is 23.7. The van der Waals surface area contributed by atoms with Crippen molar-refractivity contribution in [1.29, 1.82) is 0 Å². The Morgan fingerprint density at radius 3 is 1.95 bits per heavy atom. The second-order valence-corrected chi connectivity index (χ2v) is 12.4. The average molecular weight is 568 g/mol. The van der Waals surface area contributed by atoms with Crippen molar-refractivity contribution in [3.63, 3.8) is 0 Å². The highest BCUT2D eigenvalue weighted by Crippen LogP contribution is 2.26. The number of methoxy groups -OCH3 is 1. The summed E-state index contributed by atoms with van der Waals surface area (Å²) in [6, 6.07) is 21.9. The standard InChI is InChI=1S/C30H37N3O6S/c1-22(29(35)31-30(2,3)4)32(20-23-12-16-25(38-5)17-13-23)28(34)21-33(40(6,36)37)24-14-18-27(19-15-24)39-26-10-8-7-9-11-26/h7-19,22H,20-21H2,1-6H3,(H,31,35)/t22-/m0/s1. The summed E-state index contributed by atoms with van der Waals surface area (Å²) in [5.41, 5.74) is 0.549. The van der Waals surface area contributed by atoms with E-state index in [1.165, 1.54) is 4.90 Å². The van der Waals surface area contributed by atoms with Gasteiger partial charge in [-0.2, -0.15) is 0 Å². The minimum atomic E-state index is -3.85. The minimum absolute atomic E-state index is 0.100. The van der Waals surface area contributed by atoms with Crippen LogP contribution in [0.5, 0.6) is 17.2 Å². The van der Waals surface area contributed by atoms with E-state index in [4.69, 9.17) is 9.47 Å². The predicted molar refractivity (Wildman–Crippen MR) is 156 cm³/mol. The molecular formula is C30H37N3O6S. The summed E-state index contributed by atoms with van der Waals surface area (Å²) in [4.78, 5) is 28.2. The predicted octanol–water partition coefficient (Wildman–Crippen LogP) is 4.59.